The zero-order chi connectivity index (χ0) is 25.9. The van der Waals surface area contributed by atoms with Gasteiger partial charge in [0.1, 0.15) is 5.82 Å². The third-order valence-electron chi connectivity index (χ3n) is 6.68. The van der Waals surface area contributed by atoms with Gasteiger partial charge in [-0.15, -0.1) is 0 Å². The van der Waals surface area contributed by atoms with E-state index in [9.17, 15) is 24.8 Å². The van der Waals surface area contributed by atoms with E-state index in [1.165, 1.54) is 30.7 Å². The minimum Gasteiger partial charge on any atom is -0.478 e. The van der Waals surface area contributed by atoms with Crippen LogP contribution in [0.4, 0.5) is 11.4 Å². The molecule has 1 amide bonds. The lowest BCUT2D eigenvalue weighted by atomic mass is 9.94. The van der Waals surface area contributed by atoms with E-state index in [0.29, 0.717) is 16.8 Å². The second-order valence-electron chi connectivity index (χ2n) is 9.07. The van der Waals surface area contributed by atoms with Crippen LogP contribution >= 0.6 is 0 Å². The Morgan fingerprint density at radius 2 is 1.62 bits per heavy atom. The summed E-state index contributed by atoms with van der Waals surface area (Å²) < 4.78 is 2.21. The molecule has 1 aliphatic carbocycles. The molecule has 3 N–H and O–H groups in total. The highest BCUT2D eigenvalue weighted by atomic mass is 16.6. The van der Waals surface area contributed by atoms with Crippen molar-refractivity contribution in [2.75, 3.05) is 5.43 Å². The van der Waals surface area contributed by atoms with Crippen molar-refractivity contribution in [1.29, 1.82) is 0 Å². The Balaban J connectivity index is 1.39. The number of hydrogen-bond donors (Lipinski definition) is 3. The Bertz CT molecular complexity index is 1470. The van der Waals surface area contributed by atoms with Crippen LogP contribution in [-0.4, -0.2) is 31.5 Å². The van der Waals surface area contributed by atoms with Gasteiger partial charge in [0.2, 0.25) is 0 Å². The van der Waals surface area contributed by atoms with Crippen molar-refractivity contribution in [2.45, 2.75) is 38.1 Å². The summed E-state index contributed by atoms with van der Waals surface area (Å²) in [7, 11) is 0. The van der Waals surface area contributed by atoms with Gasteiger partial charge in [-0.05, 0) is 55.3 Å². The van der Waals surface area contributed by atoms with Crippen molar-refractivity contribution in [3.63, 3.8) is 0 Å². The number of imidazole rings is 1. The van der Waals surface area contributed by atoms with Crippen molar-refractivity contribution in [2.24, 2.45) is 0 Å². The van der Waals surface area contributed by atoms with E-state index in [4.69, 9.17) is 4.98 Å². The number of nitro groups is 1. The van der Waals surface area contributed by atoms with Gasteiger partial charge < -0.3 is 9.67 Å². The number of aromatic nitrogens is 2. The number of anilines is 1. The van der Waals surface area contributed by atoms with Crippen molar-refractivity contribution < 1.29 is 19.6 Å². The maximum atomic E-state index is 12.6. The summed E-state index contributed by atoms with van der Waals surface area (Å²) in [6.07, 6.45) is 5.55. The van der Waals surface area contributed by atoms with Gasteiger partial charge in [-0.2, -0.15) is 0 Å². The lowest BCUT2D eigenvalue weighted by Gasteiger charge is -2.25. The van der Waals surface area contributed by atoms with Crippen molar-refractivity contribution >= 4 is 34.3 Å². The fourth-order valence-corrected chi connectivity index (χ4v) is 4.78. The Hall–Kier alpha value is -4.73. The third-order valence-corrected chi connectivity index (χ3v) is 6.68. The summed E-state index contributed by atoms with van der Waals surface area (Å²) in [4.78, 5) is 39.2. The molecule has 0 unspecified atom stereocenters. The van der Waals surface area contributed by atoms with Gasteiger partial charge in [0.25, 0.3) is 11.6 Å². The molecular weight excluding hydrogens is 474 g/mol. The van der Waals surface area contributed by atoms with Crippen LogP contribution in [0.5, 0.6) is 0 Å². The smallest absolute Gasteiger partial charge is 0.335 e. The van der Waals surface area contributed by atoms with E-state index in [1.54, 1.807) is 24.3 Å². The lowest BCUT2D eigenvalue weighted by Crippen LogP contribution is -2.29. The molecule has 1 aliphatic rings. The highest BCUT2D eigenvalue weighted by molar-refractivity contribution is 5.96. The van der Waals surface area contributed by atoms with E-state index in [-0.39, 0.29) is 23.2 Å². The molecule has 4 aromatic rings. The Kier molecular flexibility index (Phi) is 6.55. The number of hydrazine groups is 1. The lowest BCUT2D eigenvalue weighted by molar-refractivity contribution is -0.384. The van der Waals surface area contributed by atoms with Crippen molar-refractivity contribution in [1.82, 2.24) is 15.0 Å². The summed E-state index contributed by atoms with van der Waals surface area (Å²) in [6.45, 7) is 0. The largest absolute Gasteiger partial charge is 0.478 e. The molecule has 10 nitrogen and oxygen atoms in total. The fourth-order valence-electron chi connectivity index (χ4n) is 4.78. The molecule has 37 heavy (non-hydrogen) atoms. The summed E-state index contributed by atoms with van der Waals surface area (Å²) in [5, 5.41) is 20.2. The first-order chi connectivity index (χ1) is 17.9. The Morgan fingerprint density at radius 3 is 2.27 bits per heavy atom. The molecule has 10 heteroatoms. The van der Waals surface area contributed by atoms with Crippen LogP contribution in [0.2, 0.25) is 0 Å². The van der Waals surface area contributed by atoms with E-state index in [2.05, 4.69) is 15.4 Å². The van der Waals surface area contributed by atoms with Crippen LogP contribution in [0.15, 0.2) is 66.7 Å². The normalized spacial score (nSPS) is 13.8. The number of amides is 1. The highest BCUT2D eigenvalue weighted by Crippen LogP contribution is 2.36. The molecule has 0 bridgehead atoms. The number of nitro benzene ring substituents is 1. The van der Waals surface area contributed by atoms with E-state index < -0.39 is 10.9 Å². The SMILES string of the molecule is O=C(O)c1ccc2c(c1)nc(-c1ccc(C(=O)NNc3ccc([N+](=O)[O-])cc3)cc1)n2C1CCCCC1. The van der Waals surface area contributed by atoms with Gasteiger partial charge in [0.05, 0.1) is 27.2 Å². The van der Waals surface area contributed by atoms with E-state index >= 15 is 0 Å². The minimum absolute atomic E-state index is 0.0362. The molecule has 0 aliphatic heterocycles. The summed E-state index contributed by atoms with van der Waals surface area (Å²) in [6, 6.07) is 18.1. The number of carboxylic acids is 1. The number of nitrogens with zero attached hydrogens (tertiary/aromatic N) is 3. The number of carbonyl (C=O) groups excluding carboxylic acids is 1. The second kappa shape index (κ2) is 10.1. The quantitative estimate of drug-likeness (QED) is 0.223. The van der Waals surface area contributed by atoms with Gasteiger partial charge in [-0.3, -0.25) is 25.8 Å². The Labute approximate surface area is 212 Å². The number of fused-ring (bicyclic) bond motifs is 1. The van der Waals surface area contributed by atoms with Crippen LogP contribution in [0.25, 0.3) is 22.4 Å². The third kappa shape index (κ3) is 4.99. The number of aromatic carboxylic acids is 1. The molecule has 3 aromatic carbocycles. The first kappa shape index (κ1) is 24.0. The highest BCUT2D eigenvalue weighted by Gasteiger charge is 2.23. The van der Waals surface area contributed by atoms with Gasteiger partial charge in [0, 0.05) is 29.3 Å². The van der Waals surface area contributed by atoms with Gasteiger partial charge in [0.15, 0.2) is 0 Å². The summed E-state index contributed by atoms with van der Waals surface area (Å²) in [5.74, 6) is -0.606. The summed E-state index contributed by atoms with van der Waals surface area (Å²) >= 11 is 0. The van der Waals surface area contributed by atoms with Crippen LogP contribution in [0.1, 0.15) is 58.9 Å². The number of rotatable bonds is 7. The average molecular weight is 500 g/mol. The predicted octanol–water partition coefficient (Wildman–Crippen LogP) is 5.57. The summed E-state index contributed by atoms with van der Waals surface area (Å²) in [5.41, 5.74) is 8.80. The molecular formula is C27H25N5O5. The number of nitrogens with one attached hydrogen (secondary N) is 2. The van der Waals surface area contributed by atoms with E-state index in [1.807, 2.05) is 18.2 Å². The van der Waals surface area contributed by atoms with E-state index in [0.717, 1.165) is 42.6 Å². The second-order valence-corrected chi connectivity index (χ2v) is 9.07. The molecule has 0 radical (unpaired) electrons. The van der Waals surface area contributed by atoms with Crippen molar-refractivity contribution in [3.8, 4) is 11.4 Å². The molecule has 0 saturated heterocycles. The molecule has 0 spiro atoms. The van der Waals surface area contributed by atoms with Crippen molar-refractivity contribution in [3.05, 3.63) is 88.0 Å². The fraction of sp³-hybridized carbons (Fsp3) is 0.222. The predicted molar refractivity (Wildman–Crippen MR) is 138 cm³/mol. The molecule has 5 rings (SSSR count). The van der Waals surface area contributed by atoms with Crippen LogP contribution in [0, 0.1) is 10.1 Å². The number of hydrogen-bond acceptors (Lipinski definition) is 6. The first-order valence-corrected chi connectivity index (χ1v) is 12.1. The molecule has 0 atom stereocenters. The number of carbonyl (C=O) groups is 2. The van der Waals surface area contributed by atoms with Gasteiger partial charge in [-0.1, -0.05) is 31.4 Å². The number of benzene rings is 3. The topological polar surface area (TPSA) is 139 Å². The Morgan fingerprint density at radius 1 is 0.946 bits per heavy atom. The van der Waals surface area contributed by atoms with Crippen LogP contribution < -0.4 is 10.9 Å². The number of carboxylic acid groups (broad SMARTS) is 1. The maximum Gasteiger partial charge on any atom is 0.335 e. The molecule has 1 aromatic heterocycles. The van der Waals surface area contributed by atoms with Crippen LogP contribution in [0.3, 0.4) is 0 Å². The zero-order valence-corrected chi connectivity index (χ0v) is 19.9. The maximum absolute atomic E-state index is 12.6. The number of non-ortho nitro benzene ring substituents is 1. The van der Waals surface area contributed by atoms with Gasteiger partial charge in [-0.25, -0.2) is 9.78 Å². The molecule has 1 fully saturated rings. The first-order valence-electron chi connectivity index (χ1n) is 12.1. The average Bonchev–Trinajstić information content (AvgIpc) is 3.31. The standard InChI is InChI=1S/C27H25N5O5/c33-26(30-29-20-11-13-22(14-12-20)32(36)37)18-8-6-17(7-9-18)25-28-23-16-19(27(34)35)10-15-24(23)31(25)21-4-2-1-3-5-21/h6-16,21,29H,1-5H2,(H,30,33)(H,34,35). The molecule has 1 saturated carbocycles. The minimum atomic E-state index is -0.992. The molecule has 1 heterocycles. The van der Waals surface area contributed by atoms with Gasteiger partial charge >= 0.3 is 5.97 Å². The zero-order valence-electron chi connectivity index (χ0n) is 19.9. The molecule has 188 valence electrons. The monoisotopic (exact) mass is 499 g/mol. The van der Waals surface area contributed by atoms with Crippen LogP contribution in [-0.2, 0) is 0 Å².